The van der Waals surface area contributed by atoms with E-state index in [2.05, 4.69) is 10.6 Å². The zero-order chi connectivity index (χ0) is 16.0. The molecule has 1 rings (SSSR count). The minimum absolute atomic E-state index is 0.0965. The first-order valence-corrected chi connectivity index (χ1v) is 8.41. The average molecular weight is 318 g/mol. The van der Waals surface area contributed by atoms with Crippen LogP contribution in [0.5, 0.6) is 0 Å². The number of carbonyl (C=O) groups is 1. The second-order valence-electron chi connectivity index (χ2n) is 4.86. The summed E-state index contributed by atoms with van der Waals surface area (Å²) in [7, 11) is -1.06. The Balaban J connectivity index is 2.84. The van der Waals surface area contributed by atoms with Crippen molar-refractivity contribution in [1.29, 1.82) is 0 Å². The Hall–Kier alpha value is -1.50. The van der Waals surface area contributed by atoms with E-state index in [1.54, 1.807) is 6.92 Å². The molecule has 21 heavy (non-hydrogen) atoms. The van der Waals surface area contributed by atoms with Crippen molar-refractivity contribution in [3.05, 3.63) is 29.3 Å². The van der Waals surface area contributed by atoms with Gasteiger partial charge in [0, 0.05) is 41.0 Å². The van der Waals surface area contributed by atoms with Crippen molar-refractivity contribution in [2.75, 3.05) is 23.9 Å². The van der Waals surface area contributed by atoms with Crippen LogP contribution in [0.25, 0.3) is 0 Å². The van der Waals surface area contributed by atoms with E-state index < -0.39 is 28.3 Å². The van der Waals surface area contributed by atoms with Crippen molar-refractivity contribution in [3.8, 4) is 0 Å². The molecule has 7 heteroatoms. The van der Waals surface area contributed by atoms with E-state index in [0.717, 1.165) is 18.6 Å². The highest BCUT2D eigenvalue weighted by Crippen LogP contribution is 2.21. The van der Waals surface area contributed by atoms with Crippen molar-refractivity contribution in [2.24, 2.45) is 0 Å². The van der Waals surface area contributed by atoms with Crippen LogP contribution in [0.2, 0.25) is 0 Å². The SMILES string of the molecule is CCCNc1c(F)cc(C(=O)NC(C)CS(C)=O)cc1F. The molecule has 4 nitrogen and oxygen atoms in total. The molecule has 0 fully saturated rings. The molecule has 0 spiro atoms. The van der Waals surface area contributed by atoms with Crippen LogP contribution in [0.15, 0.2) is 12.1 Å². The first kappa shape index (κ1) is 17.6. The summed E-state index contributed by atoms with van der Waals surface area (Å²) in [5, 5.41) is 5.20. The maximum absolute atomic E-state index is 13.8. The highest BCUT2D eigenvalue weighted by atomic mass is 32.2. The molecular formula is C14H20F2N2O2S. The summed E-state index contributed by atoms with van der Waals surface area (Å²) in [4.78, 5) is 11.9. The minimum Gasteiger partial charge on any atom is -0.380 e. The molecule has 0 aliphatic rings. The van der Waals surface area contributed by atoms with Gasteiger partial charge in [0.25, 0.3) is 5.91 Å². The van der Waals surface area contributed by atoms with Gasteiger partial charge in [-0.25, -0.2) is 8.78 Å². The summed E-state index contributed by atoms with van der Waals surface area (Å²) in [5.41, 5.74) is -0.322. The number of rotatable bonds is 7. The fraction of sp³-hybridized carbons (Fsp3) is 0.500. The summed E-state index contributed by atoms with van der Waals surface area (Å²) < 4.78 is 38.7. The third-order valence-corrected chi connectivity index (χ3v) is 3.69. The lowest BCUT2D eigenvalue weighted by atomic mass is 10.1. The number of nitrogens with one attached hydrogen (secondary N) is 2. The number of amides is 1. The largest absolute Gasteiger partial charge is 0.380 e. The van der Waals surface area contributed by atoms with E-state index in [9.17, 15) is 17.8 Å². The van der Waals surface area contributed by atoms with Gasteiger partial charge in [0.15, 0.2) is 0 Å². The zero-order valence-electron chi connectivity index (χ0n) is 12.3. The van der Waals surface area contributed by atoms with Gasteiger partial charge in [-0.2, -0.15) is 0 Å². The Kier molecular flexibility index (Phi) is 6.74. The normalized spacial score (nSPS) is 13.6. The van der Waals surface area contributed by atoms with Crippen molar-refractivity contribution in [1.82, 2.24) is 5.32 Å². The fourth-order valence-electron chi connectivity index (χ4n) is 1.82. The third-order valence-electron chi connectivity index (χ3n) is 2.72. The van der Waals surface area contributed by atoms with Gasteiger partial charge in [-0.3, -0.25) is 9.00 Å². The van der Waals surface area contributed by atoms with E-state index in [1.807, 2.05) is 6.92 Å². The fourth-order valence-corrected chi connectivity index (χ4v) is 2.61. The number of hydrogen-bond donors (Lipinski definition) is 2. The molecule has 0 aromatic heterocycles. The molecule has 0 aliphatic heterocycles. The highest BCUT2D eigenvalue weighted by Gasteiger charge is 2.16. The smallest absolute Gasteiger partial charge is 0.251 e. The van der Waals surface area contributed by atoms with Crippen molar-refractivity contribution in [3.63, 3.8) is 0 Å². The van der Waals surface area contributed by atoms with Gasteiger partial charge >= 0.3 is 0 Å². The summed E-state index contributed by atoms with van der Waals surface area (Å²) in [5.74, 6) is -1.92. The van der Waals surface area contributed by atoms with Crippen LogP contribution in [-0.4, -0.2) is 34.7 Å². The minimum atomic E-state index is -1.06. The third kappa shape index (κ3) is 5.41. The van der Waals surface area contributed by atoms with Gasteiger partial charge in [0.05, 0.1) is 0 Å². The van der Waals surface area contributed by atoms with Gasteiger partial charge < -0.3 is 10.6 Å². The lowest BCUT2D eigenvalue weighted by Gasteiger charge is -2.14. The number of carbonyl (C=O) groups excluding carboxylic acids is 1. The monoisotopic (exact) mass is 318 g/mol. The van der Waals surface area contributed by atoms with Crippen LogP contribution in [0.4, 0.5) is 14.5 Å². The van der Waals surface area contributed by atoms with Crippen molar-refractivity contribution in [2.45, 2.75) is 26.3 Å². The summed E-state index contributed by atoms with van der Waals surface area (Å²) in [6, 6.07) is 1.64. The number of halogens is 2. The van der Waals surface area contributed by atoms with Crippen LogP contribution in [0, 0.1) is 11.6 Å². The standard InChI is InChI=1S/C14H20F2N2O2S/c1-4-5-17-13-11(15)6-10(7-12(13)16)14(19)18-9(2)8-21(3)20/h6-7,9,17H,4-5,8H2,1-3H3,(H,18,19). The maximum atomic E-state index is 13.8. The molecule has 118 valence electrons. The van der Waals surface area contributed by atoms with Crippen LogP contribution in [0.3, 0.4) is 0 Å². The van der Waals surface area contributed by atoms with E-state index in [4.69, 9.17) is 0 Å². The molecule has 2 unspecified atom stereocenters. The van der Waals surface area contributed by atoms with Gasteiger partial charge in [-0.15, -0.1) is 0 Å². The quantitative estimate of drug-likeness (QED) is 0.811. The van der Waals surface area contributed by atoms with E-state index in [-0.39, 0.29) is 23.0 Å². The molecule has 2 N–H and O–H groups in total. The number of anilines is 1. The Labute approximate surface area is 125 Å². The second-order valence-corrected chi connectivity index (χ2v) is 6.34. The molecule has 1 amide bonds. The molecule has 0 saturated carbocycles. The number of hydrogen-bond acceptors (Lipinski definition) is 3. The molecule has 0 radical (unpaired) electrons. The van der Waals surface area contributed by atoms with E-state index in [1.165, 1.54) is 6.26 Å². The highest BCUT2D eigenvalue weighted by molar-refractivity contribution is 7.84. The van der Waals surface area contributed by atoms with E-state index >= 15 is 0 Å². The Bertz CT molecular complexity index is 515. The van der Waals surface area contributed by atoms with Crippen LogP contribution >= 0.6 is 0 Å². The molecule has 1 aromatic rings. The average Bonchev–Trinajstić information content (AvgIpc) is 2.36. The predicted molar refractivity (Wildman–Crippen MR) is 81.0 cm³/mol. The van der Waals surface area contributed by atoms with Gasteiger partial charge in [0.2, 0.25) is 0 Å². The molecule has 1 aromatic carbocycles. The Morgan fingerprint density at radius 2 is 1.90 bits per heavy atom. The predicted octanol–water partition coefficient (Wildman–Crippen LogP) is 2.28. The maximum Gasteiger partial charge on any atom is 0.251 e. The Morgan fingerprint density at radius 1 is 1.33 bits per heavy atom. The van der Waals surface area contributed by atoms with Crippen LogP contribution < -0.4 is 10.6 Å². The molecule has 0 heterocycles. The Morgan fingerprint density at radius 3 is 2.38 bits per heavy atom. The van der Waals surface area contributed by atoms with Crippen molar-refractivity contribution >= 4 is 22.4 Å². The zero-order valence-corrected chi connectivity index (χ0v) is 13.2. The van der Waals surface area contributed by atoms with Gasteiger partial charge in [0.1, 0.15) is 17.3 Å². The molecular weight excluding hydrogens is 298 g/mol. The van der Waals surface area contributed by atoms with Crippen LogP contribution in [0.1, 0.15) is 30.6 Å². The summed E-state index contributed by atoms with van der Waals surface area (Å²) in [6.07, 6.45) is 2.25. The topological polar surface area (TPSA) is 58.2 Å². The van der Waals surface area contributed by atoms with E-state index in [0.29, 0.717) is 6.54 Å². The first-order valence-electron chi connectivity index (χ1n) is 6.69. The number of benzene rings is 1. The molecule has 0 saturated heterocycles. The molecule has 0 aliphatic carbocycles. The van der Waals surface area contributed by atoms with Gasteiger partial charge in [-0.1, -0.05) is 6.92 Å². The first-order chi connectivity index (χ1) is 9.85. The lowest BCUT2D eigenvalue weighted by Crippen LogP contribution is -2.36. The summed E-state index contributed by atoms with van der Waals surface area (Å²) >= 11 is 0. The van der Waals surface area contributed by atoms with Crippen LogP contribution in [-0.2, 0) is 10.8 Å². The van der Waals surface area contributed by atoms with Gasteiger partial charge in [-0.05, 0) is 25.5 Å². The molecule has 0 bridgehead atoms. The van der Waals surface area contributed by atoms with Crippen molar-refractivity contribution < 1.29 is 17.8 Å². The summed E-state index contributed by atoms with van der Waals surface area (Å²) in [6.45, 7) is 4.01. The lowest BCUT2D eigenvalue weighted by molar-refractivity contribution is 0.0943. The molecule has 2 atom stereocenters. The second kappa shape index (κ2) is 8.07.